The minimum Gasteiger partial charge on any atom is -0.493 e. The minimum atomic E-state index is -0.113. The van der Waals surface area contributed by atoms with E-state index in [-0.39, 0.29) is 18.0 Å². The lowest BCUT2D eigenvalue weighted by atomic mass is 10.0. The second kappa shape index (κ2) is 10.7. The van der Waals surface area contributed by atoms with Gasteiger partial charge in [-0.2, -0.15) is 0 Å². The van der Waals surface area contributed by atoms with Gasteiger partial charge in [0, 0.05) is 30.5 Å². The third-order valence-corrected chi connectivity index (χ3v) is 5.30. The fourth-order valence-corrected chi connectivity index (χ4v) is 3.57. The maximum Gasteiger partial charge on any atom is 0.213 e. The molecule has 0 bridgehead atoms. The van der Waals surface area contributed by atoms with Crippen molar-refractivity contribution < 1.29 is 23.5 Å². The van der Waals surface area contributed by atoms with Gasteiger partial charge in [-0.25, -0.2) is 4.98 Å². The molecule has 0 amide bonds. The van der Waals surface area contributed by atoms with Gasteiger partial charge < -0.3 is 18.7 Å². The van der Waals surface area contributed by atoms with Gasteiger partial charge in [0.1, 0.15) is 0 Å². The van der Waals surface area contributed by atoms with Crippen molar-refractivity contribution in [2.75, 3.05) is 20.8 Å². The largest absolute Gasteiger partial charge is 0.493 e. The number of carbonyl (C=O) groups excluding carboxylic acids is 1. The van der Waals surface area contributed by atoms with E-state index in [9.17, 15) is 4.79 Å². The van der Waals surface area contributed by atoms with Crippen LogP contribution in [0, 0.1) is 6.92 Å². The molecule has 0 unspecified atom stereocenters. The molecule has 0 N–H and O–H groups in total. The van der Waals surface area contributed by atoms with Gasteiger partial charge in [0.2, 0.25) is 17.4 Å². The number of Topliss-reactive ketones (excluding diaryl/α,β-unsaturated/α-hetero) is 1. The van der Waals surface area contributed by atoms with E-state index >= 15 is 0 Å². The smallest absolute Gasteiger partial charge is 0.213 e. The van der Waals surface area contributed by atoms with Gasteiger partial charge in [0.15, 0.2) is 11.5 Å². The first kappa shape index (κ1) is 23.0. The number of nitrogens with zero attached hydrogens (tertiary/aromatic N) is 2. The summed E-state index contributed by atoms with van der Waals surface area (Å²) in [5.41, 5.74) is 4.31. The second-order valence-corrected chi connectivity index (χ2v) is 7.78. The van der Waals surface area contributed by atoms with Crippen molar-refractivity contribution in [3.63, 3.8) is 0 Å². The first-order valence-electron chi connectivity index (χ1n) is 10.9. The number of methoxy groups -OCH3 is 2. The fraction of sp³-hybridized carbons (Fsp3) is 0.222. The van der Waals surface area contributed by atoms with E-state index in [1.807, 2.05) is 60.7 Å². The molecule has 2 heterocycles. The van der Waals surface area contributed by atoms with E-state index in [2.05, 4.69) is 10.1 Å². The number of ketones is 1. The average molecular weight is 459 g/mol. The predicted octanol–water partition coefficient (Wildman–Crippen LogP) is 5.11. The Balaban J connectivity index is 1.40. The number of hydrogen-bond acceptors (Lipinski definition) is 7. The van der Waals surface area contributed by atoms with Crippen LogP contribution in [0.4, 0.5) is 0 Å². The maximum absolute atomic E-state index is 12.5. The lowest BCUT2D eigenvalue weighted by molar-refractivity contribution is 0.0957. The van der Waals surface area contributed by atoms with Crippen LogP contribution in [0.25, 0.3) is 11.3 Å². The first-order chi connectivity index (χ1) is 16.6. The van der Waals surface area contributed by atoms with Crippen LogP contribution in [0.3, 0.4) is 0 Å². The molecule has 34 heavy (non-hydrogen) atoms. The van der Waals surface area contributed by atoms with Crippen LogP contribution >= 0.6 is 0 Å². The van der Waals surface area contributed by atoms with Gasteiger partial charge in [-0.3, -0.25) is 4.79 Å². The van der Waals surface area contributed by atoms with Gasteiger partial charge >= 0.3 is 0 Å². The zero-order valence-electron chi connectivity index (χ0n) is 19.4. The molecule has 0 aliphatic carbocycles. The van der Waals surface area contributed by atoms with Crippen molar-refractivity contribution in [3.8, 4) is 28.6 Å². The molecule has 4 rings (SSSR count). The number of hydrogen-bond donors (Lipinski definition) is 0. The van der Waals surface area contributed by atoms with Gasteiger partial charge in [-0.15, -0.1) is 0 Å². The zero-order valence-corrected chi connectivity index (χ0v) is 19.4. The molecule has 174 valence electrons. The van der Waals surface area contributed by atoms with Crippen LogP contribution in [0.1, 0.15) is 27.4 Å². The quantitative estimate of drug-likeness (QED) is 0.305. The average Bonchev–Trinajstić information content (AvgIpc) is 3.31. The summed E-state index contributed by atoms with van der Waals surface area (Å²) < 4.78 is 21.6. The number of pyridine rings is 1. The standard InChI is InChI=1S/C27H26N2O5/c1-18-14-25(34-29-18)23(30)16-20-6-4-7-21(15-20)22-8-5-9-27(28-22)33-13-12-19-10-11-24(31-2)26(17-19)32-3/h4-11,14-15,17H,12-13,16H2,1-3H3. The van der Waals surface area contributed by atoms with Crippen LogP contribution in [-0.4, -0.2) is 36.8 Å². The van der Waals surface area contributed by atoms with Crippen LogP contribution in [-0.2, 0) is 12.8 Å². The van der Waals surface area contributed by atoms with E-state index in [1.165, 1.54) is 0 Å². The van der Waals surface area contributed by atoms with Crippen LogP contribution in [0.5, 0.6) is 17.4 Å². The molecule has 0 aliphatic heterocycles. The van der Waals surface area contributed by atoms with Crippen molar-refractivity contribution in [1.29, 1.82) is 0 Å². The molecule has 7 nitrogen and oxygen atoms in total. The van der Waals surface area contributed by atoms with Gasteiger partial charge in [0.25, 0.3) is 0 Å². The van der Waals surface area contributed by atoms with E-state index in [0.717, 1.165) is 22.4 Å². The Kier molecular flexibility index (Phi) is 7.22. The second-order valence-electron chi connectivity index (χ2n) is 7.78. The number of aromatic nitrogens is 2. The summed E-state index contributed by atoms with van der Waals surface area (Å²) in [6.45, 7) is 2.26. The predicted molar refractivity (Wildman–Crippen MR) is 128 cm³/mol. The molecule has 0 saturated carbocycles. The maximum atomic E-state index is 12.5. The highest BCUT2D eigenvalue weighted by atomic mass is 16.5. The molecule has 0 spiro atoms. The molecular weight excluding hydrogens is 432 g/mol. The Morgan fingerprint density at radius 1 is 0.912 bits per heavy atom. The van der Waals surface area contributed by atoms with E-state index in [0.29, 0.717) is 36.1 Å². The van der Waals surface area contributed by atoms with Gasteiger partial charge in [-0.05, 0) is 42.3 Å². The Morgan fingerprint density at radius 3 is 2.50 bits per heavy atom. The minimum absolute atomic E-state index is 0.113. The van der Waals surface area contributed by atoms with E-state index in [4.69, 9.17) is 18.7 Å². The Morgan fingerprint density at radius 2 is 1.74 bits per heavy atom. The molecule has 0 atom stereocenters. The molecule has 2 aromatic carbocycles. The fourth-order valence-electron chi connectivity index (χ4n) is 3.57. The normalized spacial score (nSPS) is 10.7. The number of carbonyl (C=O) groups is 1. The lowest BCUT2D eigenvalue weighted by Crippen LogP contribution is -2.04. The van der Waals surface area contributed by atoms with Crippen molar-refractivity contribution in [3.05, 3.63) is 89.3 Å². The first-order valence-corrected chi connectivity index (χ1v) is 10.9. The molecule has 4 aromatic rings. The van der Waals surface area contributed by atoms with Crippen LogP contribution in [0.15, 0.2) is 71.3 Å². The third-order valence-electron chi connectivity index (χ3n) is 5.30. The highest BCUT2D eigenvalue weighted by Gasteiger charge is 2.13. The van der Waals surface area contributed by atoms with E-state index in [1.54, 1.807) is 27.2 Å². The topological polar surface area (TPSA) is 83.7 Å². The Labute approximate surface area is 198 Å². The number of rotatable bonds is 10. The summed E-state index contributed by atoms with van der Waals surface area (Å²) in [5, 5.41) is 3.78. The third kappa shape index (κ3) is 5.61. The van der Waals surface area contributed by atoms with Gasteiger partial charge in [0.05, 0.1) is 32.2 Å². The molecule has 7 heteroatoms. The summed E-state index contributed by atoms with van der Waals surface area (Å²) in [4.78, 5) is 17.1. The zero-order chi connectivity index (χ0) is 23.9. The summed E-state index contributed by atoms with van der Waals surface area (Å²) in [6, 6.07) is 20.9. The summed E-state index contributed by atoms with van der Waals surface area (Å²) in [6.07, 6.45) is 0.926. The van der Waals surface area contributed by atoms with Crippen molar-refractivity contribution in [2.24, 2.45) is 0 Å². The molecule has 0 aliphatic rings. The number of aryl methyl sites for hydroxylation is 1. The summed E-state index contributed by atoms with van der Waals surface area (Å²) in [7, 11) is 3.23. The summed E-state index contributed by atoms with van der Waals surface area (Å²) >= 11 is 0. The Bertz CT molecular complexity index is 1280. The summed E-state index contributed by atoms with van der Waals surface area (Å²) in [5.74, 6) is 2.08. The molecule has 0 radical (unpaired) electrons. The van der Waals surface area contributed by atoms with Crippen molar-refractivity contribution >= 4 is 5.78 Å². The highest BCUT2D eigenvalue weighted by molar-refractivity contribution is 5.95. The molecular formula is C27H26N2O5. The molecule has 0 saturated heterocycles. The number of ether oxygens (including phenoxy) is 3. The monoisotopic (exact) mass is 458 g/mol. The highest BCUT2D eigenvalue weighted by Crippen LogP contribution is 2.28. The lowest BCUT2D eigenvalue weighted by Gasteiger charge is -2.11. The molecule has 0 fully saturated rings. The molecule has 2 aromatic heterocycles. The van der Waals surface area contributed by atoms with Crippen molar-refractivity contribution in [2.45, 2.75) is 19.8 Å². The SMILES string of the molecule is COc1ccc(CCOc2cccc(-c3cccc(CC(=O)c4cc(C)no4)c3)n2)cc1OC. The van der Waals surface area contributed by atoms with Crippen molar-refractivity contribution in [1.82, 2.24) is 10.1 Å². The van der Waals surface area contributed by atoms with Crippen LogP contribution in [0.2, 0.25) is 0 Å². The Hall–Kier alpha value is -4.13. The van der Waals surface area contributed by atoms with Crippen LogP contribution < -0.4 is 14.2 Å². The van der Waals surface area contributed by atoms with Gasteiger partial charge in [-0.1, -0.05) is 35.5 Å². The van der Waals surface area contributed by atoms with E-state index < -0.39 is 0 Å². The number of benzene rings is 2.